The molecule has 7 nitrogen and oxygen atoms in total. The number of carbonyl (C=O) groups is 2. The van der Waals surface area contributed by atoms with Gasteiger partial charge in [0, 0.05) is 26.0 Å². The van der Waals surface area contributed by atoms with Crippen LogP contribution >= 0.6 is 11.6 Å². The van der Waals surface area contributed by atoms with Crippen LogP contribution in [0.15, 0.2) is 18.2 Å². The summed E-state index contributed by atoms with van der Waals surface area (Å²) in [5, 5.41) is 5.97. The van der Waals surface area contributed by atoms with E-state index in [1.165, 1.54) is 17.0 Å². The van der Waals surface area contributed by atoms with Gasteiger partial charge in [0.1, 0.15) is 0 Å². The molecule has 0 radical (unpaired) electrons. The molecule has 0 saturated carbocycles. The first-order valence-electron chi connectivity index (χ1n) is 7.81. The summed E-state index contributed by atoms with van der Waals surface area (Å²) >= 11 is 6.06. The van der Waals surface area contributed by atoms with E-state index in [4.69, 9.17) is 11.6 Å². The minimum atomic E-state index is -3.61. The molecular weight excluding hydrogens is 366 g/mol. The number of nitrogens with one attached hydrogen (secondary N) is 2. The minimum absolute atomic E-state index is 0.203. The molecule has 0 bridgehead atoms. The van der Waals surface area contributed by atoms with Gasteiger partial charge >= 0.3 is 0 Å². The van der Waals surface area contributed by atoms with E-state index in [0.29, 0.717) is 18.8 Å². The fourth-order valence-electron chi connectivity index (χ4n) is 2.85. The first-order chi connectivity index (χ1) is 11.6. The van der Waals surface area contributed by atoms with E-state index in [1.807, 2.05) is 0 Å². The van der Waals surface area contributed by atoms with Crippen LogP contribution in [0.25, 0.3) is 0 Å². The van der Waals surface area contributed by atoms with Gasteiger partial charge in [0.2, 0.25) is 5.91 Å². The van der Waals surface area contributed by atoms with Crippen molar-refractivity contribution in [1.82, 2.24) is 10.2 Å². The summed E-state index contributed by atoms with van der Waals surface area (Å²) in [5.74, 6) is -0.886. The second kappa shape index (κ2) is 7.31. The highest BCUT2D eigenvalue weighted by atomic mass is 35.5. The second-order valence-corrected chi connectivity index (χ2v) is 9.10. The summed E-state index contributed by atoms with van der Waals surface area (Å²) in [7, 11) is -0.418. The summed E-state index contributed by atoms with van der Waals surface area (Å²) in [6, 6.07) is 4.51. The van der Waals surface area contributed by atoms with Crippen LogP contribution in [0, 0.1) is 0 Å². The van der Waals surface area contributed by atoms with E-state index in [-0.39, 0.29) is 29.3 Å². The Labute approximate surface area is 152 Å². The maximum atomic E-state index is 12.8. The van der Waals surface area contributed by atoms with Crippen LogP contribution in [-0.2, 0) is 14.6 Å². The number of anilines is 1. The number of rotatable bonds is 4. The van der Waals surface area contributed by atoms with Crippen molar-refractivity contribution in [1.29, 1.82) is 0 Å². The fourth-order valence-corrected chi connectivity index (χ4v) is 4.38. The number of amides is 2. The van der Waals surface area contributed by atoms with Crippen LogP contribution in [0.1, 0.15) is 23.2 Å². The van der Waals surface area contributed by atoms with Crippen molar-refractivity contribution < 1.29 is 18.0 Å². The molecule has 0 aliphatic carbocycles. The first-order valence-corrected chi connectivity index (χ1v) is 10.1. The van der Waals surface area contributed by atoms with E-state index in [2.05, 4.69) is 10.6 Å². The average molecular weight is 388 g/mol. The molecular formula is C16H22ClN3O4S. The Kier molecular flexibility index (Phi) is 5.75. The highest BCUT2D eigenvalue weighted by Crippen LogP contribution is 2.30. The van der Waals surface area contributed by atoms with Gasteiger partial charge in [-0.3, -0.25) is 9.59 Å². The van der Waals surface area contributed by atoms with Crippen molar-refractivity contribution in [3.63, 3.8) is 0 Å². The topological polar surface area (TPSA) is 95.6 Å². The molecule has 1 aliphatic heterocycles. The van der Waals surface area contributed by atoms with E-state index < -0.39 is 20.5 Å². The molecule has 2 amide bonds. The molecule has 1 aromatic carbocycles. The predicted octanol–water partition coefficient (Wildman–Crippen LogP) is 1.15. The summed E-state index contributed by atoms with van der Waals surface area (Å²) in [6.07, 6.45) is 1.49. The highest BCUT2D eigenvalue weighted by molar-refractivity contribution is 7.92. The van der Waals surface area contributed by atoms with Crippen LogP contribution in [0.3, 0.4) is 0 Å². The molecule has 9 heteroatoms. The molecule has 1 saturated heterocycles. The summed E-state index contributed by atoms with van der Waals surface area (Å²) < 4.78 is 23.1. The van der Waals surface area contributed by atoms with Crippen LogP contribution in [0.5, 0.6) is 0 Å². The lowest BCUT2D eigenvalue weighted by molar-refractivity contribution is -0.119. The van der Waals surface area contributed by atoms with Gasteiger partial charge in [-0.25, -0.2) is 8.42 Å². The number of carbonyl (C=O) groups excluding carboxylic acids is 2. The van der Waals surface area contributed by atoms with Crippen molar-refractivity contribution in [3.05, 3.63) is 28.8 Å². The monoisotopic (exact) mass is 387 g/mol. The first kappa shape index (κ1) is 19.7. The predicted molar refractivity (Wildman–Crippen MR) is 97.8 cm³/mol. The van der Waals surface area contributed by atoms with Crippen molar-refractivity contribution in [2.75, 3.05) is 38.8 Å². The molecule has 1 aliphatic rings. The quantitative estimate of drug-likeness (QED) is 0.807. The third-order valence-electron chi connectivity index (χ3n) is 4.40. The molecule has 2 rings (SSSR count). The lowest BCUT2D eigenvalue weighted by Gasteiger charge is -2.34. The lowest BCUT2D eigenvalue weighted by atomic mass is 9.95. The molecule has 0 unspecified atom stereocenters. The summed E-state index contributed by atoms with van der Waals surface area (Å²) in [5.41, 5.74) is 0.573. The lowest BCUT2D eigenvalue weighted by Crippen LogP contribution is -2.55. The average Bonchev–Trinajstić information content (AvgIpc) is 2.55. The third-order valence-corrected chi connectivity index (χ3v) is 6.74. The largest absolute Gasteiger partial charge is 0.345 e. The van der Waals surface area contributed by atoms with E-state index in [9.17, 15) is 18.0 Å². The van der Waals surface area contributed by atoms with Gasteiger partial charge in [0.25, 0.3) is 5.91 Å². The molecule has 0 aromatic heterocycles. The maximum absolute atomic E-state index is 12.8. The molecule has 0 spiro atoms. The van der Waals surface area contributed by atoms with Crippen LogP contribution < -0.4 is 10.6 Å². The van der Waals surface area contributed by atoms with E-state index in [1.54, 1.807) is 20.2 Å². The zero-order valence-corrected chi connectivity index (χ0v) is 16.0. The van der Waals surface area contributed by atoms with Crippen molar-refractivity contribution in [2.45, 2.75) is 17.6 Å². The number of nitrogens with zero attached hydrogens (tertiary/aromatic N) is 1. The van der Waals surface area contributed by atoms with Gasteiger partial charge in [0.05, 0.1) is 10.6 Å². The molecule has 1 heterocycles. The Morgan fingerprint density at radius 1 is 1.24 bits per heavy atom. The number of hydrogen-bond donors (Lipinski definition) is 2. The summed E-state index contributed by atoms with van der Waals surface area (Å²) in [4.78, 5) is 26.3. The normalized spacial score (nSPS) is 17.0. The zero-order valence-electron chi connectivity index (χ0n) is 14.4. The Morgan fingerprint density at radius 2 is 1.84 bits per heavy atom. The van der Waals surface area contributed by atoms with Crippen molar-refractivity contribution in [2.24, 2.45) is 0 Å². The Bertz CT molecular complexity index is 787. The van der Waals surface area contributed by atoms with Crippen molar-refractivity contribution in [3.8, 4) is 0 Å². The molecule has 1 aromatic rings. The number of hydrogen-bond acceptors (Lipinski definition) is 5. The van der Waals surface area contributed by atoms with E-state index >= 15 is 0 Å². The number of benzene rings is 1. The van der Waals surface area contributed by atoms with Crippen LogP contribution in [0.2, 0.25) is 5.02 Å². The standard InChI is InChI=1S/C16H22ClN3O4S/c1-20(2)14(21)12-10-11(4-5-13(12)17)19-15(22)16(25(3,23)24)6-8-18-9-7-16/h4-5,10,18H,6-9H2,1-3H3,(H,19,22). The molecule has 25 heavy (non-hydrogen) atoms. The number of sulfone groups is 1. The Hall–Kier alpha value is -1.64. The Balaban J connectivity index is 2.33. The smallest absolute Gasteiger partial charge is 0.254 e. The van der Waals surface area contributed by atoms with Crippen LogP contribution in [0.4, 0.5) is 5.69 Å². The second-order valence-electron chi connectivity index (χ2n) is 6.36. The minimum Gasteiger partial charge on any atom is -0.345 e. The van der Waals surface area contributed by atoms with Gasteiger partial charge in [-0.2, -0.15) is 0 Å². The Morgan fingerprint density at radius 3 is 2.36 bits per heavy atom. The third kappa shape index (κ3) is 3.96. The maximum Gasteiger partial charge on any atom is 0.254 e. The van der Waals surface area contributed by atoms with Crippen LogP contribution in [-0.4, -0.2) is 63.3 Å². The van der Waals surface area contributed by atoms with Gasteiger partial charge in [0.15, 0.2) is 14.6 Å². The van der Waals surface area contributed by atoms with Gasteiger partial charge in [-0.1, -0.05) is 11.6 Å². The van der Waals surface area contributed by atoms with E-state index in [0.717, 1.165) is 6.26 Å². The SMILES string of the molecule is CN(C)C(=O)c1cc(NC(=O)C2(S(C)(=O)=O)CCNCC2)ccc1Cl. The molecule has 2 N–H and O–H groups in total. The zero-order chi connectivity index (χ0) is 18.8. The molecule has 138 valence electrons. The van der Waals surface area contributed by atoms with Gasteiger partial charge < -0.3 is 15.5 Å². The van der Waals surface area contributed by atoms with Crippen molar-refractivity contribution >= 4 is 38.9 Å². The molecule has 0 atom stereocenters. The molecule has 1 fully saturated rings. The number of halogens is 1. The van der Waals surface area contributed by atoms with Gasteiger partial charge in [-0.05, 0) is 44.1 Å². The highest BCUT2D eigenvalue weighted by Gasteiger charge is 2.48. The van der Waals surface area contributed by atoms with Gasteiger partial charge in [-0.15, -0.1) is 0 Å². The fraction of sp³-hybridized carbons (Fsp3) is 0.500. The summed E-state index contributed by atoms with van der Waals surface area (Å²) in [6.45, 7) is 0.900. The number of piperidine rings is 1.